The van der Waals surface area contributed by atoms with Gasteiger partial charge in [-0.1, -0.05) is 70.2 Å². The van der Waals surface area contributed by atoms with Gasteiger partial charge >= 0.3 is 12.2 Å². The minimum absolute atomic E-state index is 0.128. The Morgan fingerprint density at radius 2 is 1.37 bits per heavy atom. The number of carbonyl (C=O) groups excluding carboxylic acids is 5. The minimum atomic E-state index is -0.798. The Kier molecular flexibility index (Phi) is 12.2. The number of rotatable bonds is 11. The van der Waals surface area contributed by atoms with Crippen LogP contribution in [0.5, 0.6) is 0 Å². The van der Waals surface area contributed by atoms with Crippen LogP contribution >= 0.6 is 0 Å². The predicted molar refractivity (Wildman–Crippen MR) is 217 cm³/mol. The van der Waals surface area contributed by atoms with E-state index in [1.165, 1.54) is 14.2 Å². The molecule has 4 atom stereocenters. The second-order valence-electron chi connectivity index (χ2n) is 15.8. The van der Waals surface area contributed by atoms with Gasteiger partial charge in [-0.05, 0) is 90.1 Å². The van der Waals surface area contributed by atoms with Crippen LogP contribution < -0.4 is 16.0 Å². The fraction of sp³-hybridized carbons (Fsp3) is 0.442. The number of nitrogens with zero attached hydrogens (tertiary/aromatic N) is 3. The molecule has 4 N–H and O–H groups in total. The van der Waals surface area contributed by atoms with Crippen molar-refractivity contribution >= 4 is 46.4 Å². The van der Waals surface area contributed by atoms with E-state index in [0.717, 1.165) is 46.0 Å². The summed E-state index contributed by atoms with van der Waals surface area (Å²) in [6.07, 6.45) is 3.25. The molecule has 1 aromatic heterocycles. The summed E-state index contributed by atoms with van der Waals surface area (Å²) < 4.78 is 9.48. The summed E-state index contributed by atoms with van der Waals surface area (Å²) in [7, 11) is 2.53. The third-order valence-corrected chi connectivity index (χ3v) is 11.3. The molecule has 0 spiro atoms. The Morgan fingerprint density at radius 3 is 2.02 bits per heavy atom. The van der Waals surface area contributed by atoms with E-state index in [0.29, 0.717) is 37.4 Å². The van der Waals surface area contributed by atoms with E-state index in [1.54, 1.807) is 11.1 Å². The summed E-state index contributed by atoms with van der Waals surface area (Å²) in [4.78, 5) is 76.1. The molecule has 57 heavy (non-hydrogen) atoms. The monoisotopic (exact) mass is 779 g/mol. The molecule has 2 aliphatic rings. The Bertz CT molecular complexity index is 2130. The zero-order valence-electron chi connectivity index (χ0n) is 33.7. The Hall–Kier alpha value is -5.92. The maximum atomic E-state index is 13.7. The molecule has 2 fully saturated rings. The van der Waals surface area contributed by atoms with Crippen LogP contribution in [-0.2, 0) is 29.4 Å². The van der Waals surface area contributed by atoms with Crippen molar-refractivity contribution in [3.8, 4) is 22.4 Å². The molecule has 0 aliphatic carbocycles. The van der Waals surface area contributed by atoms with Crippen LogP contribution in [-0.4, -0.2) is 95.1 Å². The van der Waals surface area contributed by atoms with E-state index in [1.807, 2.05) is 82.0 Å². The lowest BCUT2D eigenvalue weighted by Gasteiger charge is -2.37. The number of hydrogen-bond donors (Lipinski definition) is 4. The molecule has 2 aliphatic heterocycles. The number of methoxy groups -OCH3 is 2. The Morgan fingerprint density at radius 1 is 0.772 bits per heavy atom. The fourth-order valence-electron chi connectivity index (χ4n) is 7.92. The fourth-order valence-corrected chi connectivity index (χ4v) is 7.92. The summed E-state index contributed by atoms with van der Waals surface area (Å²) in [6, 6.07) is 18.0. The van der Waals surface area contributed by atoms with E-state index in [-0.39, 0.29) is 29.6 Å². The number of aromatic nitrogens is 2. The van der Waals surface area contributed by atoms with Gasteiger partial charge in [0.25, 0.3) is 0 Å². The van der Waals surface area contributed by atoms with Crippen molar-refractivity contribution in [1.29, 1.82) is 0 Å². The number of benzene rings is 3. The lowest BCUT2D eigenvalue weighted by Crippen LogP contribution is -2.55. The number of anilines is 1. The highest BCUT2D eigenvalue weighted by atomic mass is 16.5. The maximum Gasteiger partial charge on any atom is 0.407 e. The van der Waals surface area contributed by atoms with Gasteiger partial charge in [-0.2, -0.15) is 0 Å². The summed E-state index contributed by atoms with van der Waals surface area (Å²) >= 11 is 0. The summed E-state index contributed by atoms with van der Waals surface area (Å²) in [5.41, 5.74) is 3.82. The zero-order valence-corrected chi connectivity index (χ0v) is 33.7. The predicted octanol–water partition coefficient (Wildman–Crippen LogP) is 6.43. The summed E-state index contributed by atoms with van der Waals surface area (Å²) in [6.45, 7) is 10.5. The SMILES string of the molecule is COC(=O)N[C@H](C(=O)N1CCC[C@H]1C(=O)Nc1ccc2cc(-c3ccc(-c4cnc([C@]5(C)CCCN5C(=O)[C@@H](NC(=O)OC)C(C)C)[nH]4)cc3)ccc2c1)C(C)C. The third-order valence-electron chi connectivity index (χ3n) is 11.3. The molecule has 0 saturated carbocycles. The van der Waals surface area contributed by atoms with Crippen LogP contribution in [0.15, 0.2) is 66.9 Å². The van der Waals surface area contributed by atoms with E-state index in [4.69, 9.17) is 14.5 Å². The number of ether oxygens (including phenoxy) is 2. The van der Waals surface area contributed by atoms with Gasteiger partial charge in [0.1, 0.15) is 23.9 Å². The number of fused-ring (bicyclic) bond motifs is 1. The number of imidazole rings is 1. The number of carbonyl (C=O) groups is 5. The van der Waals surface area contributed by atoms with E-state index in [2.05, 4.69) is 39.1 Å². The van der Waals surface area contributed by atoms with Crippen LogP contribution in [0, 0.1) is 11.8 Å². The molecule has 6 rings (SSSR count). The standard InChI is InChI=1S/C43H53N7O7/c1-25(2)35(47-41(54)56-6)38(52)49-20-8-10-34(49)37(51)45-32-18-17-30-22-29(15-16-31(30)23-32)27-11-13-28(14-12-27)33-24-44-40(46-33)43(5)19-9-21-50(43)39(53)36(26(3)4)48-42(55)57-7/h11-18,22-26,34-36H,8-10,19-21H2,1-7H3,(H,44,46)(H,45,51)(H,47,54)(H,48,55)/t34-,35-,36-,43-/m0/s1. The normalized spacial score (nSPS) is 19.1. The molecule has 4 aromatic rings. The van der Waals surface area contributed by atoms with Crippen LogP contribution in [0.2, 0.25) is 0 Å². The molecule has 302 valence electrons. The van der Waals surface area contributed by atoms with Crippen LogP contribution in [0.1, 0.15) is 66.1 Å². The highest BCUT2D eigenvalue weighted by Gasteiger charge is 2.46. The van der Waals surface area contributed by atoms with Crippen molar-refractivity contribution in [1.82, 2.24) is 30.4 Å². The van der Waals surface area contributed by atoms with Crippen LogP contribution in [0.25, 0.3) is 33.2 Å². The number of amides is 5. The summed E-state index contributed by atoms with van der Waals surface area (Å²) in [5.74, 6) is -0.346. The second-order valence-corrected chi connectivity index (χ2v) is 15.8. The van der Waals surface area contributed by atoms with E-state index < -0.39 is 35.9 Å². The van der Waals surface area contributed by atoms with Crippen molar-refractivity contribution < 1.29 is 33.4 Å². The van der Waals surface area contributed by atoms with Gasteiger partial charge in [-0.15, -0.1) is 0 Å². The highest BCUT2D eigenvalue weighted by Crippen LogP contribution is 2.39. The maximum absolute atomic E-state index is 13.7. The van der Waals surface area contributed by atoms with Gasteiger partial charge in [0.15, 0.2) is 0 Å². The second kappa shape index (κ2) is 17.1. The lowest BCUT2D eigenvalue weighted by atomic mass is 9.95. The zero-order chi connectivity index (χ0) is 41.0. The molecule has 5 amide bonds. The van der Waals surface area contributed by atoms with Gasteiger partial charge in [0.2, 0.25) is 17.7 Å². The molecule has 0 unspecified atom stereocenters. The summed E-state index contributed by atoms with van der Waals surface area (Å²) in [5, 5.41) is 10.3. The molecule has 14 nitrogen and oxygen atoms in total. The van der Waals surface area contributed by atoms with Crippen LogP contribution in [0.3, 0.4) is 0 Å². The average molecular weight is 780 g/mol. The van der Waals surface area contributed by atoms with Gasteiger partial charge in [-0.25, -0.2) is 14.6 Å². The highest BCUT2D eigenvalue weighted by molar-refractivity contribution is 6.00. The molecule has 14 heteroatoms. The van der Waals surface area contributed by atoms with Crippen LogP contribution in [0.4, 0.5) is 15.3 Å². The number of hydrogen-bond acceptors (Lipinski definition) is 8. The molecule has 3 heterocycles. The number of H-pyrrole nitrogens is 1. The molecule has 0 radical (unpaired) electrons. The first-order valence-corrected chi connectivity index (χ1v) is 19.6. The first-order chi connectivity index (χ1) is 27.2. The number of aromatic amines is 1. The topological polar surface area (TPSA) is 175 Å². The van der Waals surface area contributed by atoms with Crippen molar-refractivity contribution in [3.05, 3.63) is 72.7 Å². The van der Waals surface area contributed by atoms with Gasteiger partial charge < -0.3 is 40.2 Å². The molecule has 3 aromatic carbocycles. The van der Waals surface area contributed by atoms with Crippen molar-refractivity contribution in [3.63, 3.8) is 0 Å². The first-order valence-electron chi connectivity index (χ1n) is 19.6. The number of alkyl carbamates (subject to hydrolysis) is 2. The molecular formula is C43H53N7O7. The van der Waals surface area contributed by atoms with Crippen molar-refractivity contribution in [2.45, 2.75) is 84.0 Å². The number of nitrogens with one attached hydrogen (secondary N) is 4. The smallest absolute Gasteiger partial charge is 0.407 e. The average Bonchev–Trinajstić information content (AvgIpc) is 3.99. The van der Waals surface area contributed by atoms with Gasteiger partial charge in [-0.3, -0.25) is 14.4 Å². The largest absolute Gasteiger partial charge is 0.453 e. The Balaban J connectivity index is 1.12. The first kappa shape index (κ1) is 40.7. The quantitative estimate of drug-likeness (QED) is 0.135. The molecule has 0 bridgehead atoms. The van der Waals surface area contributed by atoms with E-state index in [9.17, 15) is 24.0 Å². The number of likely N-dealkylation sites (tertiary alicyclic amines) is 2. The Labute approximate surface area is 333 Å². The minimum Gasteiger partial charge on any atom is -0.453 e. The van der Waals surface area contributed by atoms with Crippen molar-refractivity contribution in [2.75, 3.05) is 32.6 Å². The van der Waals surface area contributed by atoms with Crippen molar-refractivity contribution in [2.24, 2.45) is 11.8 Å². The molecular weight excluding hydrogens is 727 g/mol. The molecule has 2 saturated heterocycles. The van der Waals surface area contributed by atoms with Gasteiger partial charge in [0.05, 0.1) is 31.6 Å². The lowest BCUT2D eigenvalue weighted by molar-refractivity contribution is -0.139. The van der Waals surface area contributed by atoms with E-state index >= 15 is 0 Å². The van der Waals surface area contributed by atoms with Gasteiger partial charge in [0, 0.05) is 18.8 Å². The third kappa shape index (κ3) is 8.59.